The summed E-state index contributed by atoms with van der Waals surface area (Å²) in [6, 6.07) is 0. The summed E-state index contributed by atoms with van der Waals surface area (Å²) >= 11 is 0. The van der Waals surface area contributed by atoms with Gasteiger partial charge in [0, 0.05) is 19.4 Å². The minimum absolute atomic E-state index is 0.0450. The van der Waals surface area contributed by atoms with Gasteiger partial charge in [-0.1, -0.05) is 139 Å². The molecule has 10 heteroatoms. The molecule has 0 saturated heterocycles. The number of phosphoric acid groups is 1. The first kappa shape index (κ1) is 51.7. The number of rotatable bonds is 39. The van der Waals surface area contributed by atoms with Crippen molar-refractivity contribution in [2.24, 2.45) is 5.73 Å². The number of esters is 2. The molecule has 1 unspecified atom stereocenters. The van der Waals surface area contributed by atoms with E-state index < -0.39 is 32.5 Å². The lowest BCUT2D eigenvalue weighted by molar-refractivity contribution is -0.161. The van der Waals surface area contributed by atoms with E-state index in [1.807, 2.05) is 0 Å². The van der Waals surface area contributed by atoms with Crippen LogP contribution < -0.4 is 5.73 Å². The topological polar surface area (TPSA) is 134 Å². The van der Waals surface area contributed by atoms with Crippen molar-refractivity contribution in [1.82, 2.24) is 0 Å². The van der Waals surface area contributed by atoms with E-state index in [4.69, 9.17) is 24.3 Å². The molecule has 0 aliphatic carbocycles. The van der Waals surface area contributed by atoms with Gasteiger partial charge in [-0.05, 0) is 83.5 Å². The Kier molecular flexibility index (Phi) is 38.7. The molecule has 0 aliphatic heterocycles. The number of carbonyl (C=O) groups excluding carboxylic acids is 2. The summed E-state index contributed by atoms with van der Waals surface area (Å²) < 4.78 is 32.7. The molecule has 9 nitrogen and oxygen atoms in total. The fraction of sp³-hybridized carbons (Fsp3) is 0.727. The van der Waals surface area contributed by atoms with Crippen molar-refractivity contribution in [3.05, 3.63) is 60.8 Å². The molecule has 54 heavy (non-hydrogen) atoms. The summed E-state index contributed by atoms with van der Waals surface area (Å²) in [5, 5.41) is 0. The van der Waals surface area contributed by atoms with Crippen LogP contribution in [0, 0.1) is 0 Å². The average molecular weight is 780 g/mol. The van der Waals surface area contributed by atoms with Crippen molar-refractivity contribution in [3.63, 3.8) is 0 Å². The van der Waals surface area contributed by atoms with E-state index in [1.165, 1.54) is 64.2 Å². The van der Waals surface area contributed by atoms with Crippen LogP contribution >= 0.6 is 7.82 Å². The number of hydrogen-bond donors (Lipinski definition) is 2. The molecule has 0 bridgehead atoms. The first-order valence-electron chi connectivity index (χ1n) is 21.3. The lowest BCUT2D eigenvalue weighted by Crippen LogP contribution is -2.29. The standard InChI is InChI=1S/C44H78NO8P/c1-3-5-7-9-11-13-15-17-19-20-21-22-23-25-26-28-30-32-34-36-43(46)50-40-42(41-52-54(48,49)51-39-38-45)53-44(47)37-35-33-31-29-27-24-18-16-14-12-10-8-6-4-2/h11,13,16-19,21-22,25-26,42H,3-10,12,14-15,20,23-24,27-41,45H2,1-2H3,(H,48,49)/b13-11-,18-16-,19-17-,22-21-,26-25-/t42-/m1/s1. The Labute approximate surface area is 329 Å². The lowest BCUT2D eigenvalue weighted by atomic mass is 10.1. The molecule has 0 aliphatic rings. The van der Waals surface area contributed by atoms with Crippen molar-refractivity contribution in [1.29, 1.82) is 0 Å². The second kappa shape index (κ2) is 40.4. The monoisotopic (exact) mass is 780 g/mol. The SMILES string of the molecule is CCCCC/C=C\C/C=C\C/C=C\C/C=C\CCCCCC(=O)OC[C@H](COP(=O)(O)OCCN)OC(=O)CCCCCCC/C=C\CCCCCCC. The average Bonchev–Trinajstić information content (AvgIpc) is 3.16. The summed E-state index contributed by atoms with van der Waals surface area (Å²) in [5.74, 6) is -0.879. The lowest BCUT2D eigenvalue weighted by Gasteiger charge is -2.19. The van der Waals surface area contributed by atoms with E-state index in [9.17, 15) is 19.0 Å². The normalized spacial score (nSPS) is 13.9. The predicted molar refractivity (Wildman–Crippen MR) is 224 cm³/mol. The summed E-state index contributed by atoms with van der Waals surface area (Å²) in [5.41, 5.74) is 5.34. The van der Waals surface area contributed by atoms with Crippen molar-refractivity contribution in [3.8, 4) is 0 Å². The van der Waals surface area contributed by atoms with Gasteiger partial charge in [0.05, 0.1) is 13.2 Å². The van der Waals surface area contributed by atoms with Gasteiger partial charge in [-0.15, -0.1) is 0 Å². The zero-order valence-electron chi connectivity index (χ0n) is 34.2. The number of ether oxygens (including phenoxy) is 2. The first-order valence-corrected chi connectivity index (χ1v) is 22.8. The van der Waals surface area contributed by atoms with Crippen LogP contribution in [0.3, 0.4) is 0 Å². The predicted octanol–water partition coefficient (Wildman–Crippen LogP) is 12.1. The van der Waals surface area contributed by atoms with Crippen LogP contribution in [0.4, 0.5) is 0 Å². The number of nitrogens with two attached hydrogens (primary N) is 1. The molecule has 312 valence electrons. The molecular weight excluding hydrogens is 701 g/mol. The third kappa shape index (κ3) is 39.4. The third-order valence-electron chi connectivity index (χ3n) is 8.63. The van der Waals surface area contributed by atoms with Crippen LogP contribution in [0.25, 0.3) is 0 Å². The van der Waals surface area contributed by atoms with Crippen LogP contribution in [0.1, 0.15) is 174 Å². The number of hydrogen-bond acceptors (Lipinski definition) is 8. The van der Waals surface area contributed by atoms with Gasteiger partial charge >= 0.3 is 19.8 Å². The van der Waals surface area contributed by atoms with Gasteiger partial charge in [-0.25, -0.2) is 4.57 Å². The molecule has 0 aromatic carbocycles. The van der Waals surface area contributed by atoms with Crippen LogP contribution in [0.5, 0.6) is 0 Å². The molecule has 0 radical (unpaired) electrons. The Morgan fingerprint density at radius 2 is 0.963 bits per heavy atom. The van der Waals surface area contributed by atoms with Crippen LogP contribution in [-0.4, -0.2) is 49.3 Å². The van der Waals surface area contributed by atoms with Crippen LogP contribution in [0.2, 0.25) is 0 Å². The molecule has 0 aromatic heterocycles. The summed E-state index contributed by atoms with van der Waals surface area (Å²) in [4.78, 5) is 34.8. The number of unbranched alkanes of at least 4 members (excludes halogenated alkanes) is 16. The van der Waals surface area contributed by atoms with E-state index >= 15 is 0 Å². The second-order valence-corrected chi connectivity index (χ2v) is 15.3. The third-order valence-corrected chi connectivity index (χ3v) is 9.61. The minimum atomic E-state index is -4.39. The van der Waals surface area contributed by atoms with E-state index in [2.05, 4.69) is 74.6 Å². The van der Waals surface area contributed by atoms with E-state index in [1.54, 1.807) is 0 Å². The fourth-order valence-electron chi connectivity index (χ4n) is 5.43. The van der Waals surface area contributed by atoms with Crippen LogP contribution in [-0.2, 0) is 32.7 Å². The smallest absolute Gasteiger partial charge is 0.462 e. The van der Waals surface area contributed by atoms with Gasteiger partial charge in [0.1, 0.15) is 6.61 Å². The summed E-state index contributed by atoms with van der Waals surface area (Å²) in [6.07, 6.45) is 46.7. The fourth-order valence-corrected chi connectivity index (χ4v) is 6.20. The molecule has 0 saturated carbocycles. The molecule has 0 rings (SSSR count). The van der Waals surface area contributed by atoms with E-state index in [0.29, 0.717) is 12.8 Å². The number of allylic oxidation sites excluding steroid dienone is 10. The molecule has 0 spiro atoms. The van der Waals surface area contributed by atoms with E-state index in [0.717, 1.165) is 70.6 Å². The zero-order chi connectivity index (χ0) is 39.6. The maximum absolute atomic E-state index is 12.6. The van der Waals surface area contributed by atoms with Crippen molar-refractivity contribution in [2.75, 3.05) is 26.4 Å². The minimum Gasteiger partial charge on any atom is -0.462 e. The highest BCUT2D eigenvalue weighted by Crippen LogP contribution is 2.43. The molecule has 0 fully saturated rings. The van der Waals surface area contributed by atoms with E-state index in [-0.39, 0.29) is 32.6 Å². The Bertz CT molecular complexity index is 1070. The molecule has 0 heterocycles. The number of phosphoric ester groups is 1. The Hall–Kier alpha value is -2.29. The zero-order valence-corrected chi connectivity index (χ0v) is 35.1. The van der Waals surface area contributed by atoms with Gasteiger partial charge in [-0.2, -0.15) is 0 Å². The second-order valence-electron chi connectivity index (χ2n) is 13.8. The Morgan fingerprint density at radius 1 is 0.556 bits per heavy atom. The quantitative estimate of drug-likeness (QED) is 0.0270. The maximum atomic E-state index is 12.6. The molecule has 0 amide bonds. The summed E-state index contributed by atoms with van der Waals surface area (Å²) in [6.45, 7) is 3.63. The molecule has 0 aromatic rings. The summed E-state index contributed by atoms with van der Waals surface area (Å²) in [7, 11) is -4.39. The molecule has 2 atom stereocenters. The van der Waals surface area contributed by atoms with Gasteiger partial charge in [0.25, 0.3) is 0 Å². The van der Waals surface area contributed by atoms with Gasteiger partial charge < -0.3 is 20.1 Å². The maximum Gasteiger partial charge on any atom is 0.472 e. The molecular formula is C44H78NO8P. The Morgan fingerprint density at radius 3 is 1.50 bits per heavy atom. The largest absolute Gasteiger partial charge is 0.472 e. The first-order chi connectivity index (χ1) is 26.3. The highest BCUT2D eigenvalue weighted by atomic mass is 31.2. The number of carbonyl (C=O) groups is 2. The van der Waals surface area contributed by atoms with Crippen molar-refractivity contribution in [2.45, 2.75) is 180 Å². The Balaban J connectivity index is 4.25. The van der Waals surface area contributed by atoms with Gasteiger partial charge in [0.2, 0.25) is 0 Å². The van der Waals surface area contributed by atoms with Crippen LogP contribution in [0.15, 0.2) is 60.8 Å². The van der Waals surface area contributed by atoms with Gasteiger partial charge in [0.15, 0.2) is 6.10 Å². The highest BCUT2D eigenvalue weighted by Gasteiger charge is 2.25. The highest BCUT2D eigenvalue weighted by molar-refractivity contribution is 7.47. The van der Waals surface area contributed by atoms with Gasteiger partial charge in [-0.3, -0.25) is 18.6 Å². The molecule has 3 N–H and O–H groups in total. The van der Waals surface area contributed by atoms with Crippen molar-refractivity contribution < 1.29 is 37.6 Å². The van der Waals surface area contributed by atoms with Crippen molar-refractivity contribution >= 4 is 19.8 Å².